The minimum Gasteiger partial charge on any atom is -0.364 e. The number of hydrogen-bond acceptors (Lipinski definition) is 7. The van der Waals surface area contributed by atoms with E-state index in [1.165, 1.54) is 6.20 Å². The number of hydrogen-bond donors (Lipinski definition) is 3. The summed E-state index contributed by atoms with van der Waals surface area (Å²) in [6, 6.07) is 7.42. The van der Waals surface area contributed by atoms with Crippen molar-refractivity contribution in [3.05, 3.63) is 51.2 Å². The fourth-order valence-electron chi connectivity index (χ4n) is 3.42. The van der Waals surface area contributed by atoms with Gasteiger partial charge >= 0.3 is 5.69 Å². The highest BCUT2D eigenvalue weighted by molar-refractivity contribution is 6.30. The molecule has 0 radical (unpaired) electrons. The van der Waals surface area contributed by atoms with Gasteiger partial charge in [0.25, 0.3) is 0 Å². The van der Waals surface area contributed by atoms with Gasteiger partial charge in [-0.25, -0.2) is 4.98 Å². The second-order valence-electron chi connectivity index (χ2n) is 7.17. The lowest BCUT2D eigenvalue weighted by molar-refractivity contribution is -0.384. The van der Waals surface area contributed by atoms with Gasteiger partial charge in [0.05, 0.1) is 4.92 Å². The molecule has 4 N–H and O–H groups in total. The van der Waals surface area contributed by atoms with Crippen molar-refractivity contribution in [2.24, 2.45) is 17.6 Å². The summed E-state index contributed by atoms with van der Waals surface area (Å²) in [5, 5.41) is 18.2. The Hall–Kier alpha value is -2.45. The van der Waals surface area contributed by atoms with E-state index in [-0.39, 0.29) is 11.5 Å². The lowest BCUT2D eigenvalue weighted by atomic mass is 9.82. The van der Waals surface area contributed by atoms with Crippen LogP contribution < -0.4 is 16.4 Å². The molecule has 0 atom stereocenters. The van der Waals surface area contributed by atoms with Gasteiger partial charge in [0.2, 0.25) is 11.8 Å². The quantitative estimate of drug-likeness (QED) is 0.451. The highest BCUT2D eigenvalue weighted by Crippen LogP contribution is 2.29. The Bertz CT molecular complexity index is 794. The predicted octanol–water partition coefficient (Wildman–Crippen LogP) is 3.83. The normalized spacial score (nSPS) is 19.2. The van der Waals surface area contributed by atoms with Crippen molar-refractivity contribution >= 4 is 29.1 Å². The third-order valence-corrected chi connectivity index (χ3v) is 5.44. The predicted molar refractivity (Wildman–Crippen MR) is 110 cm³/mol. The van der Waals surface area contributed by atoms with Gasteiger partial charge in [0, 0.05) is 18.1 Å². The molecule has 150 valence electrons. The molecule has 1 fully saturated rings. The van der Waals surface area contributed by atoms with Crippen molar-refractivity contribution < 1.29 is 4.92 Å². The van der Waals surface area contributed by atoms with Crippen LogP contribution in [0.5, 0.6) is 0 Å². The number of anilines is 2. The molecule has 0 amide bonds. The molecule has 1 aliphatic carbocycles. The summed E-state index contributed by atoms with van der Waals surface area (Å²) >= 11 is 5.89. The minimum absolute atomic E-state index is 0.118. The summed E-state index contributed by atoms with van der Waals surface area (Å²) in [4.78, 5) is 19.2. The van der Waals surface area contributed by atoms with Gasteiger partial charge in [-0.15, -0.1) is 0 Å². The Kier molecular flexibility index (Phi) is 7.00. The SMILES string of the molecule is NCC1CCC(CNc2nc(NCc3ccc(Cl)cc3)ncc2[N+](=O)[O-])CC1. The second kappa shape index (κ2) is 9.66. The number of halogens is 1. The summed E-state index contributed by atoms with van der Waals surface area (Å²) in [5.41, 5.74) is 6.63. The number of nitrogens with one attached hydrogen (secondary N) is 2. The fourth-order valence-corrected chi connectivity index (χ4v) is 3.55. The lowest BCUT2D eigenvalue weighted by Crippen LogP contribution is -2.25. The molecule has 0 aliphatic heterocycles. The number of nitrogens with two attached hydrogens (primary N) is 1. The van der Waals surface area contributed by atoms with E-state index in [0.29, 0.717) is 35.9 Å². The highest BCUT2D eigenvalue weighted by Gasteiger charge is 2.22. The molecule has 1 aliphatic rings. The summed E-state index contributed by atoms with van der Waals surface area (Å²) < 4.78 is 0. The van der Waals surface area contributed by atoms with Gasteiger partial charge in [-0.1, -0.05) is 23.7 Å². The Morgan fingerprint density at radius 1 is 1.14 bits per heavy atom. The molecular weight excluding hydrogens is 380 g/mol. The van der Waals surface area contributed by atoms with Crippen LogP contribution in [-0.4, -0.2) is 28.0 Å². The van der Waals surface area contributed by atoms with Crippen molar-refractivity contribution in [1.82, 2.24) is 9.97 Å². The standard InChI is InChI=1S/C19H25ClN6O2/c20-16-7-5-15(6-8-16)11-23-19-24-12-17(26(27)28)18(25-19)22-10-14-3-1-13(9-21)2-4-14/h5-8,12-14H,1-4,9-11,21H2,(H2,22,23,24,25). The van der Waals surface area contributed by atoms with E-state index in [1.54, 1.807) is 0 Å². The van der Waals surface area contributed by atoms with Crippen LogP contribution in [0.15, 0.2) is 30.5 Å². The number of aromatic nitrogens is 2. The van der Waals surface area contributed by atoms with Gasteiger partial charge in [0.15, 0.2) is 0 Å². The monoisotopic (exact) mass is 404 g/mol. The number of nitrogens with zero attached hydrogens (tertiary/aromatic N) is 3. The van der Waals surface area contributed by atoms with E-state index >= 15 is 0 Å². The van der Waals surface area contributed by atoms with Crippen molar-refractivity contribution in [3.8, 4) is 0 Å². The summed E-state index contributed by atoms with van der Waals surface area (Å²) in [6.45, 7) is 1.89. The van der Waals surface area contributed by atoms with Crippen LogP contribution in [0.1, 0.15) is 31.2 Å². The third-order valence-electron chi connectivity index (χ3n) is 5.19. The molecule has 0 saturated heterocycles. The first-order valence-corrected chi connectivity index (χ1v) is 9.86. The zero-order chi connectivity index (χ0) is 19.9. The topological polar surface area (TPSA) is 119 Å². The van der Waals surface area contributed by atoms with Gasteiger partial charge in [0.1, 0.15) is 6.20 Å². The Morgan fingerprint density at radius 2 is 1.82 bits per heavy atom. The Balaban J connectivity index is 1.62. The Morgan fingerprint density at radius 3 is 2.46 bits per heavy atom. The van der Waals surface area contributed by atoms with Crippen LogP contribution in [0.25, 0.3) is 0 Å². The molecule has 1 aromatic carbocycles. The van der Waals surface area contributed by atoms with E-state index < -0.39 is 4.92 Å². The number of benzene rings is 1. The molecule has 0 bridgehead atoms. The molecule has 1 aromatic heterocycles. The van der Waals surface area contributed by atoms with Gasteiger partial charge < -0.3 is 16.4 Å². The third kappa shape index (κ3) is 5.53. The molecule has 3 rings (SSSR count). The molecule has 1 saturated carbocycles. The van der Waals surface area contributed by atoms with Crippen molar-refractivity contribution in [2.45, 2.75) is 32.2 Å². The zero-order valence-electron chi connectivity index (χ0n) is 15.6. The van der Waals surface area contributed by atoms with E-state index in [9.17, 15) is 10.1 Å². The van der Waals surface area contributed by atoms with Crippen molar-refractivity contribution in [2.75, 3.05) is 23.7 Å². The maximum absolute atomic E-state index is 11.3. The first-order valence-electron chi connectivity index (χ1n) is 9.49. The fraction of sp³-hybridized carbons (Fsp3) is 0.474. The van der Waals surface area contributed by atoms with E-state index in [4.69, 9.17) is 17.3 Å². The van der Waals surface area contributed by atoms with Crippen LogP contribution in [0.4, 0.5) is 17.5 Å². The molecular formula is C19H25ClN6O2. The van der Waals surface area contributed by atoms with Crippen LogP contribution >= 0.6 is 11.6 Å². The van der Waals surface area contributed by atoms with Crippen LogP contribution in [0, 0.1) is 22.0 Å². The lowest BCUT2D eigenvalue weighted by Gasteiger charge is -2.27. The molecule has 2 aromatic rings. The maximum atomic E-state index is 11.3. The average Bonchev–Trinajstić information content (AvgIpc) is 2.72. The molecule has 8 nitrogen and oxygen atoms in total. The van der Waals surface area contributed by atoms with E-state index in [1.807, 2.05) is 24.3 Å². The van der Waals surface area contributed by atoms with E-state index in [2.05, 4.69) is 20.6 Å². The number of rotatable bonds is 8. The molecule has 1 heterocycles. The summed E-state index contributed by atoms with van der Waals surface area (Å²) in [6.07, 6.45) is 5.63. The van der Waals surface area contributed by atoms with Crippen LogP contribution in [0.3, 0.4) is 0 Å². The molecule has 9 heteroatoms. The first kappa shape index (κ1) is 20.3. The largest absolute Gasteiger partial charge is 0.364 e. The van der Waals surface area contributed by atoms with Gasteiger partial charge in [-0.3, -0.25) is 10.1 Å². The smallest absolute Gasteiger partial charge is 0.329 e. The van der Waals surface area contributed by atoms with Crippen molar-refractivity contribution in [1.29, 1.82) is 0 Å². The van der Waals surface area contributed by atoms with Gasteiger partial charge in [-0.05, 0) is 61.8 Å². The maximum Gasteiger partial charge on any atom is 0.329 e. The molecule has 0 spiro atoms. The first-order chi connectivity index (χ1) is 13.5. The van der Waals surface area contributed by atoms with E-state index in [0.717, 1.165) is 37.8 Å². The molecule has 0 unspecified atom stereocenters. The number of nitro groups is 1. The average molecular weight is 405 g/mol. The van der Waals surface area contributed by atoms with Crippen LogP contribution in [0.2, 0.25) is 5.02 Å². The summed E-state index contributed by atoms with van der Waals surface area (Å²) in [7, 11) is 0. The zero-order valence-corrected chi connectivity index (χ0v) is 16.4. The van der Waals surface area contributed by atoms with Crippen molar-refractivity contribution in [3.63, 3.8) is 0 Å². The van der Waals surface area contributed by atoms with Crippen LogP contribution in [-0.2, 0) is 6.54 Å². The highest BCUT2D eigenvalue weighted by atomic mass is 35.5. The second-order valence-corrected chi connectivity index (χ2v) is 7.60. The minimum atomic E-state index is -0.462. The molecule has 28 heavy (non-hydrogen) atoms. The Labute approximate surface area is 169 Å². The van der Waals surface area contributed by atoms with Gasteiger partial charge in [-0.2, -0.15) is 4.98 Å². The summed E-state index contributed by atoms with van der Waals surface area (Å²) in [5.74, 6) is 1.67.